The number of hydrogen-bond donors (Lipinski definition) is 2. The predicted molar refractivity (Wildman–Crippen MR) is 166 cm³/mol. The van der Waals surface area contributed by atoms with Crippen LogP contribution in [0, 0.1) is 6.92 Å². The lowest BCUT2D eigenvalue weighted by Crippen LogP contribution is -2.20. The van der Waals surface area contributed by atoms with Crippen molar-refractivity contribution in [3.8, 4) is 17.0 Å². The van der Waals surface area contributed by atoms with Crippen LogP contribution in [0.4, 0.5) is 5.69 Å². The van der Waals surface area contributed by atoms with E-state index in [1.165, 1.54) is 11.3 Å². The second kappa shape index (κ2) is 12.6. The Morgan fingerprint density at radius 1 is 0.951 bits per heavy atom. The van der Waals surface area contributed by atoms with E-state index in [0.717, 1.165) is 34.2 Å². The molecule has 5 aromatic rings. The Morgan fingerprint density at radius 2 is 1.76 bits per heavy atom. The van der Waals surface area contributed by atoms with Crippen molar-refractivity contribution < 1.29 is 14.3 Å². The molecule has 5 rings (SSSR count). The molecule has 0 unspecified atom stereocenters. The Bertz CT molecular complexity index is 1740. The number of para-hydroxylation sites is 1. The Hall–Kier alpha value is -4.82. The zero-order valence-electron chi connectivity index (χ0n) is 23.1. The van der Waals surface area contributed by atoms with Crippen molar-refractivity contribution in [3.05, 3.63) is 112 Å². The van der Waals surface area contributed by atoms with Gasteiger partial charge in [0.1, 0.15) is 5.75 Å². The number of thiophene rings is 1. The monoisotopic (exact) mass is 562 g/mol. The highest BCUT2D eigenvalue weighted by molar-refractivity contribution is 7.12. The number of carbonyl (C=O) groups excluding carboxylic acids is 2. The lowest BCUT2D eigenvalue weighted by Gasteiger charge is -2.11. The summed E-state index contributed by atoms with van der Waals surface area (Å²) < 4.78 is 5.79. The molecule has 0 atom stereocenters. The highest BCUT2D eigenvalue weighted by atomic mass is 32.1. The van der Waals surface area contributed by atoms with E-state index >= 15 is 0 Å². The van der Waals surface area contributed by atoms with Gasteiger partial charge in [-0.2, -0.15) is 5.10 Å². The van der Waals surface area contributed by atoms with E-state index in [9.17, 15) is 9.59 Å². The van der Waals surface area contributed by atoms with Crippen LogP contribution in [0.2, 0.25) is 0 Å². The summed E-state index contributed by atoms with van der Waals surface area (Å²) in [5.41, 5.74) is 8.51. The minimum absolute atomic E-state index is 0.132. The van der Waals surface area contributed by atoms with Gasteiger partial charge in [-0.1, -0.05) is 49.4 Å². The zero-order chi connectivity index (χ0) is 28.8. The van der Waals surface area contributed by atoms with E-state index < -0.39 is 0 Å². The van der Waals surface area contributed by atoms with Gasteiger partial charge in [0, 0.05) is 16.6 Å². The lowest BCUT2D eigenvalue weighted by molar-refractivity contribution is 0.0955. The number of ether oxygens (including phenoxy) is 1. The lowest BCUT2D eigenvalue weighted by atomic mass is 10.0. The molecule has 0 bridgehead atoms. The number of nitrogens with zero attached hydrogens (tertiary/aromatic N) is 2. The van der Waals surface area contributed by atoms with Crippen LogP contribution in [0.15, 0.2) is 95.4 Å². The molecule has 0 radical (unpaired) electrons. The first kappa shape index (κ1) is 27.7. The first-order chi connectivity index (χ1) is 19.9. The fraction of sp³-hybridized carbons (Fsp3) is 0.152. The van der Waals surface area contributed by atoms with Crippen molar-refractivity contribution in [2.45, 2.75) is 27.2 Å². The van der Waals surface area contributed by atoms with Gasteiger partial charge < -0.3 is 10.1 Å². The maximum Gasteiger partial charge on any atom is 0.272 e. The number of aryl methyl sites for hydroxylation is 1. The summed E-state index contributed by atoms with van der Waals surface area (Å²) in [5.74, 6) is 0.294. The third-order valence-corrected chi connectivity index (χ3v) is 7.53. The maximum atomic E-state index is 13.4. The van der Waals surface area contributed by atoms with Crippen LogP contribution >= 0.6 is 11.3 Å². The van der Waals surface area contributed by atoms with Gasteiger partial charge in [0.2, 0.25) is 0 Å². The van der Waals surface area contributed by atoms with E-state index in [4.69, 9.17) is 9.72 Å². The van der Waals surface area contributed by atoms with Crippen LogP contribution in [-0.4, -0.2) is 29.1 Å². The maximum absolute atomic E-state index is 13.4. The Morgan fingerprint density at radius 3 is 2.51 bits per heavy atom. The first-order valence-corrected chi connectivity index (χ1v) is 14.2. The second-order valence-electron chi connectivity index (χ2n) is 9.55. The van der Waals surface area contributed by atoms with Crippen molar-refractivity contribution in [1.82, 2.24) is 10.4 Å². The van der Waals surface area contributed by atoms with Gasteiger partial charge in [0.15, 0.2) is 0 Å². The molecule has 0 spiro atoms. The standard InChI is InChI=1S/C33H30N4O3S/c1-4-17-40-26-9-7-8-24(19-26)30-20-28(27-10-5-6-11-29(27)35-30)32(38)37-36-22(3)23-12-14-25(15-13-23)34-33(39)31-21(2)16-18-41-31/h5-16,18-20H,4,17H2,1-3H3,(H,34,39)(H,37,38)/b36-22+. The van der Waals surface area contributed by atoms with Crippen molar-refractivity contribution >= 4 is 45.5 Å². The molecule has 0 saturated heterocycles. The van der Waals surface area contributed by atoms with Gasteiger partial charge in [-0.05, 0) is 79.2 Å². The van der Waals surface area contributed by atoms with Crippen LogP contribution in [0.5, 0.6) is 5.75 Å². The van der Waals surface area contributed by atoms with E-state index in [-0.39, 0.29) is 11.8 Å². The van der Waals surface area contributed by atoms with Crippen LogP contribution in [-0.2, 0) is 0 Å². The van der Waals surface area contributed by atoms with E-state index in [1.807, 2.05) is 98.1 Å². The van der Waals surface area contributed by atoms with Crippen molar-refractivity contribution in [2.24, 2.45) is 5.10 Å². The first-order valence-electron chi connectivity index (χ1n) is 13.4. The number of nitrogens with one attached hydrogen (secondary N) is 2. The molecular formula is C33H30N4O3S. The van der Waals surface area contributed by atoms with E-state index in [2.05, 4.69) is 22.8 Å². The number of pyridine rings is 1. The summed E-state index contributed by atoms with van der Waals surface area (Å²) in [6, 6.07) is 26.3. The summed E-state index contributed by atoms with van der Waals surface area (Å²) in [7, 11) is 0. The number of hydrazone groups is 1. The number of carbonyl (C=O) groups is 2. The number of benzene rings is 3. The van der Waals surface area contributed by atoms with Crippen LogP contribution in [0.3, 0.4) is 0 Å². The summed E-state index contributed by atoms with van der Waals surface area (Å²) in [5, 5.41) is 9.92. The van der Waals surface area contributed by atoms with Crippen molar-refractivity contribution in [1.29, 1.82) is 0 Å². The molecule has 7 nitrogen and oxygen atoms in total. The fourth-order valence-electron chi connectivity index (χ4n) is 4.32. The van der Waals surface area contributed by atoms with Gasteiger partial charge >= 0.3 is 0 Å². The number of anilines is 1. The third kappa shape index (κ3) is 6.50. The van der Waals surface area contributed by atoms with Crippen LogP contribution in [0.25, 0.3) is 22.2 Å². The minimum atomic E-state index is -0.335. The highest BCUT2D eigenvalue weighted by Gasteiger charge is 2.15. The number of amides is 2. The molecular weight excluding hydrogens is 532 g/mol. The Labute approximate surface area is 242 Å². The molecule has 3 aromatic carbocycles. The molecule has 2 aromatic heterocycles. The topological polar surface area (TPSA) is 92.7 Å². The molecule has 8 heteroatoms. The molecule has 0 aliphatic heterocycles. The molecule has 2 N–H and O–H groups in total. The number of hydrogen-bond acceptors (Lipinski definition) is 6. The fourth-order valence-corrected chi connectivity index (χ4v) is 5.14. The molecule has 0 fully saturated rings. The summed E-state index contributed by atoms with van der Waals surface area (Å²) in [4.78, 5) is 31.4. The minimum Gasteiger partial charge on any atom is -0.494 e. The van der Waals surface area contributed by atoms with Gasteiger partial charge in [0.25, 0.3) is 11.8 Å². The molecule has 0 aliphatic rings. The smallest absolute Gasteiger partial charge is 0.272 e. The average Bonchev–Trinajstić information content (AvgIpc) is 3.44. The van der Waals surface area contributed by atoms with Crippen LogP contribution in [0.1, 0.15) is 51.4 Å². The molecule has 0 saturated carbocycles. The highest BCUT2D eigenvalue weighted by Crippen LogP contribution is 2.27. The Kier molecular flexibility index (Phi) is 8.50. The predicted octanol–water partition coefficient (Wildman–Crippen LogP) is 7.47. The zero-order valence-corrected chi connectivity index (χ0v) is 23.9. The van der Waals surface area contributed by atoms with E-state index in [1.54, 1.807) is 6.07 Å². The number of rotatable bonds is 9. The Balaban J connectivity index is 1.34. The molecule has 2 heterocycles. The van der Waals surface area contributed by atoms with Gasteiger partial charge in [-0.3, -0.25) is 9.59 Å². The largest absolute Gasteiger partial charge is 0.494 e. The average molecular weight is 563 g/mol. The van der Waals surface area contributed by atoms with Gasteiger partial charge in [-0.25, -0.2) is 10.4 Å². The third-order valence-electron chi connectivity index (χ3n) is 6.52. The molecule has 41 heavy (non-hydrogen) atoms. The molecule has 206 valence electrons. The molecule has 0 aliphatic carbocycles. The number of aromatic nitrogens is 1. The second-order valence-corrected chi connectivity index (χ2v) is 10.5. The number of fused-ring (bicyclic) bond motifs is 1. The van der Waals surface area contributed by atoms with Crippen molar-refractivity contribution in [2.75, 3.05) is 11.9 Å². The summed E-state index contributed by atoms with van der Waals surface area (Å²) >= 11 is 1.41. The van der Waals surface area contributed by atoms with Crippen molar-refractivity contribution in [3.63, 3.8) is 0 Å². The van der Waals surface area contributed by atoms with Gasteiger partial charge in [-0.15, -0.1) is 11.3 Å². The normalized spacial score (nSPS) is 11.3. The van der Waals surface area contributed by atoms with Crippen LogP contribution < -0.4 is 15.5 Å². The molecule has 2 amide bonds. The van der Waals surface area contributed by atoms with E-state index in [0.29, 0.717) is 39.7 Å². The summed E-state index contributed by atoms with van der Waals surface area (Å²) in [6.45, 7) is 6.43. The SMILES string of the molecule is CCCOc1cccc(-c2cc(C(=O)N/N=C(\C)c3ccc(NC(=O)c4sccc4C)cc3)c3ccccc3n2)c1. The quantitative estimate of drug-likeness (QED) is 0.144. The summed E-state index contributed by atoms with van der Waals surface area (Å²) in [6.07, 6.45) is 0.915. The van der Waals surface area contributed by atoms with Gasteiger partial charge in [0.05, 0.1) is 34.0 Å².